The molecule has 0 saturated heterocycles. The van der Waals surface area contributed by atoms with E-state index in [2.05, 4.69) is 10.3 Å². The van der Waals surface area contributed by atoms with Gasteiger partial charge in [0.05, 0.1) is 6.07 Å². The number of hydrogen-bond donors (Lipinski definition) is 1. The monoisotopic (exact) mass is 271 g/mol. The first kappa shape index (κ1) is 13.8. The standard InChI is InChI=1S/C11H11Cl2N3O/c12-9-6-8(7-10(13)16-9)11(17)15-5-3-1-2-4-14/h6-7H,1-3,5H2,(H,15,17). The van der Waals surface area contributed by atoms with Gasteiger partial charge in [-0.1, -0.05) is 23.2 Å². The van der Waals surface area contributed by atoms with Crippen LogP contribution in [0.2, 0.25) is 10.3 Å². The van der Waals surface area contributed by atoms with Crippen molar-refractivity contribution in [3.63, 3.8) is 0 Å². The van der Waals surface area contributed by atoms with Crippen molar-refractivity contribution in [1.29, 1.82) is 5.26 Å². The van der Waals surface area contributed by atoms with Crippen LogP contribution in [0, 0.1) is 11.3 Å². The van der Waals surface area contributed by atoms with Crippen molar-refractivity contribution < 1.29 is 4.79 Å². The Bertz CT molecular complexity index is 423. The second-order valence-corrected chi connectivity index (χ2v) is 4.15. The first-order valence-electron chi connectivity index (χ1n) is 5.11. The Labute approximate surface area is 110 Å². The predicted octanol–water partition coefficient (Wildman–Crippen LogP) is 2.81. The lowest BCUT2D eigenvalue weighted by Gasteiger charge is -2.04. The zero-order chi connectivity index (χ0) is 12.7. The number of unbranched alkanes of at least 4 members (excludes halogenated alkanes) is 2. The van der Waals surface area contributed by atoms with Crippen LogP contribution in [0.1, 0.15) is 29.6 Å². The van der Waals surface area contributed by atoms with Gasteiger partial charge in [-0.3, -0.25) is 4.79 Å². The van der Waals surface area contributed by atoms with Crippen LogP contribution in [0.15, 0.2) is 12.1 Å². The number of carbonyl (C=O) groups is 1. The summed E-state index contributed by atoms with van der Waals surface area (Å²) < 4.78 is 0. The highest BCUT2D eigenvalue weighted by Crippen LogP contribution is 2.14. The smallest absolute Gasteiger partial charge is 0.251 e. The molecule has 1 aromatic heterocycles. The fraction of sp³-hybridized carbons (Fsp3) is 0.364. The van der Waals surface area contributed by atoms with Gasteiger partial charge in [-0.25, -0.2) is 4.98 Å². The zero-order valence-electron chi connectivity index (χ0n) is 9.04. The number of carbonyl (C=O) groups excluding carboxylic acids is 1. The third kappa shape index (κ3) is 5.03. The number of hydrogen-bond acceptors (Lipinski definition) is 3. The number of pyridine rings is 1. The largest absolute Gasteiger partial charge is 0.352 e. The maximum absolute atomic E-state index is 11.7. The first-order valence-corrected chi connectivity index (χ1v) is 5.87. The molecule has 1 aromatic rings. The van der Waals surface area contributed by atoms with Crippen molar-refractivity contribution in [2.24, 2.45) is 0 Å². The number of halogens is 2. The van der Waals surface area contributed by atoms with E-state index in [0.717, 1.165) is 12.8 Å². The van der Waals surface area contributed by atoms with Gasteiger partial charge >= 0.3 is 0 Å². The van der Waals surface area contributed by atoms with Crippen LogP contribution in [0.5, 0.6) is 0 Å². The number of aromatic nitrogens is 1. The van der Waals surface area contributed by atoms with E-state index < -0.39 is 0 Å². The van der Waals surface area contributed by atoms with E-state index in [1.54, 1.807) is 0 Å². The molecule has 0 unspecified atom stereocenters. The zero-order valence-corrected chi connectivity index (χ0v) is 10.6. The molecule has 0 bridgehead atoms. The number of nitrogens with one attached hydrogen (secondary N) is 1. The van der Waals surface area contributed by atoms with Gasteiger partial charge in [0.15, 0.2) is 0 Å². The molecule has 0 aliphatic carbocycles. The Morgan fingerprint density at radius 1 is 1.35 bits per heavy atom. The summed E-state index contributed by atoms with van der Waals surface area (Å²) in [6.07, 6.45) is 2.04. The van der Waals surface area contributed by atoms with Crippen molar-refractivity contribution in [1.82, 2.24) is 10.3 Å². The number of nitrogens with zero attached hydrogens (tertiary/aromatic N) is 2. The lowest BCUT2D eigenvalue weighted by atomic mass is 10.2. The third-order valence-corrected chi connectivity index (χ3v) is 2.41. The molecule has 0 saturated carbocycles. The second kappa shape index (κ2) is 7.10. The highest BCUT2D eigenvalue weighted by Gasteiger charge is 2.07. The summed E-state index contributed by atoms with van der Waals surface area (Å²) in [5, 5.41) is 11.4. The van der Waals surface area contributed by atoms with Crippen molar-refractivity contribution in [3.8, 4) is 6.07 Å². The van der Waals surface area contributed by atoms with Crippen LogP contribution >= 0.6 is 23.2 Å². The average molecular weight is 272 g/mol. The SMILES string of the molecule is N#CCCCCNC(=O)c1cc(Cl)nc(Cl)c1. The summed E-state index contributed by atoms with van der Waals surface area (Å²) >= 11 is 11.4. The molecule has 1 rings (SSSR count). The quantitative estimate of drug-likeness (QED) is 0.662. The summed E-state index contributed by atoms with van der Waals surface area (Å²) in [7, 11) is 0. The van der Waals surface area contributed by atoms with Crippen LogP contribution in [0.25, 0.3) is 0 Å². The van der Waals surface area contributed by atoms with E-state index in [-0.39, 0.29) is 16.2 Å². The van der Waals surface area contributed by atoms with Gasteiger partial charge in [0.25, 0.3) is 5.91 Å². The van der Waals surface area contributed by atoms with E-state index >= 15 is 0 Å². The topological polar surface area (TPSA) is 65.8 Å². The van der Waals surface area contributed by atoms with Crippen molar-refractivity contribution in [2.45, 2.75) is 19.3 Å². The van der Waals surface area contributed by atoms with E-state index in [4.69, 9.17) is 28.5 Å². The lowest BCUT2D eigenvalue weighted by Crippen LogP contribution is -2.24. The Kier molecular flexibility index (Phi) is 5.75. The molecule has 0 radical (unpaired) electrons. The first-order chi connectivity index (χ1) is 8.13. The number of rotatable bonds is 5. The lowest BCUT2D eigenvalue weighted by molar-refractivity contribution is 0.0953. The summed E-state index contributed by atoms with van der Waals surface area (Å²) in [6.45, 7) is 0.526. The van der Waals surface area contributed by atoms with E-state index in [9.17, 15) is 4.79 Å². The molecule has 1 amide bonds. The molecule has 6 heteroatoms. The summed E-state index contributed by atoms with van der Waals surface area (Å²) in [4.78, 5) is 15.4. The van der Waals surface area contributed by atoms with Gasteiger partial charge in [0.1, 0.15) is 10.3 Å². The maximum Gasteiger partial charge on any atom is 0.251 e. The Morgan fingerprint density at radius 3 is 2.59 bits per heavy atom. The summed E-state index contributed by atoms with van der Waals surface area (Å²) in [5.41, 5.74) is 0.385. The van der Waals surface area contributed by atoms with Gasteiger partial charge in [-0.15, -0.1) is 0 Å². The van der Waals surface area contributed by atoms with Crippen LogP contribution in [-0.2, 0) is 0 Å². The second-order valence-electron chi connectivity index (χ2n) is 3.37. The minimum absolute atomic E-state index is 0.187. The van der Waals surface area contributed by atoms with Crippen LogP contribution in [0.3, 0.4) is 0 Å². The number of amides is 1. The van der Waals surface area contributed by atoms with Gasteiger partial charge in [-0.05, 0) is 25.0 Å². The molecule has 1 heterocycles. The molecule has 0 aliphatic heterocycles. The normalized spacial score (nSPS) is 9.71. The predicted molar refractivity (Wildman–Crippen MR) is 66.1 cm³/mol. The summed E-state index contributed by atoms with van der Waals surface area (Å²) in [5.74, 6) is -0.242. The van der Waals surface area contributed by atoms with Crippen molar-refractivity contribution in [2.75, 3.05) is 6.54 Å². The molecule has 90 valence electrons. The molecule has 0 aromatic carbocycles. The fourth-order valence-electron chi connectivity index (χ4n) is 1.23. The Morgan fingerprint density at radius 2 is 2.00 bits per heavy atom. The van der Waals surface area contributed by atoms with Crippen molar-refractivity contribution in [3.05, 3.63) is 28.0 Å². The van der Waals surface area contributed by atoms with Gasteiger partial charge in [0, 0.05) is 18.5 Å². The molecular formula is C11H11Cl2N3O. The van der Waals surface area contributed by atoms with Gasteiger partial charge in [-0.2, -0.15) is 5.26 Å². The van der Waals surface area contributed by atoms with E-state index in [1.807, 2.05) is 6.07 Å². The molecular weight excluding hydrogens is 261 g/mol. The van der Waals surface area contributed by atoms with Crippen LogP contribution in [-0.4, -0.2) is 17.4 Å². The molecule has 17 heavy (non-hydrogen) atoms. The maximum atomic E-state index is 11.7. The molecule has 0 spiro atoms. The van der Waals surface area contributed by atoms with E-state index in [1.165, 1.54) is 12.1 Å². The third-order valence-electron chi connectivity index (χ3n) is 2.03. The fourth-order valence-corrected chi connectivity index (χ4v) is 1.69. The molecule has 0 aliphatic rings. The molecule has 0 atom stereocenters. The van der Waals surface area contributed by atoms with Crippen LogP contribution in [0.4, 0.5) is 0 Å². The minimum Gasteiger partial charge on any atom is -0.352 e. The van der Waals surface area contributed by atoms with Gasteiger partial charge < -0.3 is 5.32 Å². The Balaban J connectivity index is 2.44. The van der Waals surface area contributed by atoms with Gasteiger partial charge in [0.2, 0.25) is 0 Å². The van der Waals surface area contributed by atoms with E-state index in [0.29, 0.717) is 18.5 Å². The summed E-state index contributed by atoms with van der Waals surface area (Å²) in [6, 6.07) is 4.96. The molecule has 4 nitrogen and oxygen atoms in total. The highest BCUT2D eigenvalue weighted by atomic mass is 35.5. The minimum atomic E-state index is -0.242. The molecule has 0 fully saturated rings. The Hall–Kier alpha value is -1.31. The van der Waals surface area contributed by atoms with Crippen LogP contribution < -0.4 is 5.32 Å². The average Bonchev–Trinajstić information content (AvgIpc) is 2.27. The number of nitriles is 1. The molecule has 1 N–H and O–H groups in total. The highest BCUT2D eigenvalue weighted by molar-refractivity contribution is 6.33. The van der Waals surface area contributed by atoms with Crippen molar-refractivity contribution >= 4 is 29.1 Å².